The lowest BCUT2D eigenvalue weighted by Crippen LogP contribution is -2.39. The SMILES string of the molecule is C[C@H](NC(=O)CCN1CCCC1)C(=O)O. The zero-order valence-corrected chi connectivity index (χ0v) is 9.03. The van der Waals surface area contributed by atoms with Gasteiger partial charge in [0.25, 0.3) is 0 Å². The molecule has 1 aliphatic rings. The molecule has 0 spiro atoms. The number of aliphatic carboxylic acids is 1. The summed E-state index contributed by atoms with van der Waals surface area (Å²) in [6, 6.07) is -0.795. The van der Waals surface area contributed by atoms with Crippen LogP contribution >= 0.6 is 0 Å². The van der Waals surface area contributed by atoms with Gasteiger partial charge in [-0.1, -0.05) is 0 Å². The van der Waals surface area contributed by atoms with Crippen molar-refractivity contribution in [2.75, 3.05) is 19.6 Å². The van der Waals surface area contributed by atoms with Crippen molar-refractivity contribution in [3.05, 3.63) is 0 Å². The Morgan fingerprint density at radius 3 is 2.53 bits per heavy atom. The minimum absolute atomic E-state index is 0.184. The van der Waals surface area contributed by atoms with E-state index in [0.717, 1.165) is 19.6 Å². The molecular weight excluding hydrogens is 196 g/mol. The average Bonchev–Trinajstić information content (AvgIpc) is 2.66. The van der Waals surface area contributed by atoms with Crippen molar-refractivity contribution in [2.45, 2.75) is 32.2 Å². The molecule has 1 saturated heterocycles. The molecule has 1 atom stereocenters. The van der Waals surface area contributed by atoms with Gasteiger partial charge in [0.05, 0.1) is 0 Å². The molecule has 1 aliphatic heterocycles. The number of carbonyl (C=O) groups excluding carboxylic acids is 1. The standard InChI is InChI=1S/C10H18N2O3/c1-8(10(14)15)11-9(13)4-7-12-5-2-3-6-12/h8H,2-7H2,1H3,(H,11,13)(H,14,15)/t8-/m0/s1. The number of nitrogens with zero attached hydrogens (tertiary/aromatic N) is 1. The smallest absolute Gasteiger partial charge is 0.325 e. The molecule has 1 rings (SSSR count). The molecule has 0 bridgehead atoms. The van der Waals surface area contributed by atoms with Crippen LogP contribution in [0.2, 0.25) is 0 Å². The summed E-state index contributed by atoms with van der Waals surface area (Å²) < 4.78 is 0. The molecule has 0 aromatic heterocycles. The van der Waals surface area contributed by atoms with Crippen LogP contribution < -0.4 is 5.32 Å². The van der Waals surface area contributed by atoms with Gasteiger partial charge < -0.3 is 15.3 Å². The van der Waals surface area contributed by atoms with E-state index >= 15 is 0 Å². The molecule has 0 radical (unpaired) electrons. The maximum atomic E-state index is 11.3. The third-order valence-electron chi connectivity index (χ3n) is 2.60. The van der Waals surface area contributed by atoms with Crippen LogP contribution in [0.3, 0.4) is 0 Å². The van der Waals surface area contributed by atoms with Crippen LogP contribution in [0.15, 0.2) is 0 Å². The van der Waals surface area contributed by atoms with E-state index in [1.807, 2.05) is 0 Å². The van der Waals surface area contributed by atoms with Crippen molar-refractivity contribution >= 4 is 11.9 Å². The summed E-state index contributed by atoms with van der Waals surface area (Å²) in [5.74, 6) is -1.18. The van der Waals surface area contributed by atoms with Gasteiger partial charge >= 0.3 is 5.97 Å². The molecule has 0 unspecified atom stereocenters. The topological polar surface area (TPSA) is 69.6 Å². The average molecular weight is 214 g/mol. The lowest BCUT2D eigenvalue weighted by Gasteiger charge is -2.14. The first-order chi connectivity index (χ1) is 7.09. The van der Waals surface area contributed by atoms with Gasteiger partial charge in [0.1, 0.15) is 6.04 Å². The molecule has 0 aliphatic carbocycles. The van der Waals surface area contributed by atoms with Crippen molar-refractivity contribution in [1.82, 2.24) is 10.2 Å². The number of hydrogen-bond acceptors (Lipinski definition) is 3. The summed E-state index contributed by atoms with van der Waals surface area (Å²) in [6.45, 7) is 4.32. The molecule has 86 valence electrons. The normalized spacial score (nSPS) is 18.7. The fourth-order valence-electron chi connectivity index (χ4n) is 1.64. The Balaban J connectivity index is 2.15. The number of carbonyl (C=O) groups is 2. The highest BCUT2D eigenvalue weighted by Gasteiger charge is 2.16. The summed E-state index contributed by atoms with van der Waals surface area (Å²) in [5, 5.41) is 11.0. The first-order valence-corrected chi connectivity index (χ1v) is 5.34. The van der Waals surface area contributed by atoms with E-state index in [2.05, 4.69) is 10.2 Å². The number of carboxylic acids is 1. The van der Waals surface area contributed by atoms with Gasteiger partial charge in [0.15, 0.2) is 0 Å². The molecule has 2 N–H and O–H groups in total. The van der Waals surface area contributed by atoms with E-state index in [9.17, 15) is 9.59 Å². The second-order valence-corrected chi connectivity index (χ2v) is 3.93. The number of nitrogens with one attached hydrogen (secondary N) is 1. The zero-order valence-electron chi connectivity index (χ0n) is 9.03. The van der Waals surface area contributed by atoms with Crippen LogP contribution in [0.5, 0.6) is 0 Å². The fourth-order valence-corrected chi connectivity index (χ4v) is 1.64. The largest absolute Gasteiger partial charge is 0.480 e. The van der Waals surface area contributed by atoms with Gasteiger partial charge in [-0.3, -0.25) is 9.59 Å². The van der Waals surface area contributed by atoms with Gasteiger partial charge in [0.2, 0.25) is 5.91 Å². The fraction of sp³-hybridized carbons (Fsp3) is 0.800. The quantitative estimate of drug-likeness (QED) is 0.679. The molecule has 1 amide bonds. The number of likely N-dealkylation sites (tertiary alicyclic amines) is 1. The van der Waals surface area contributed by atoms with Crippen LogP contribution in [-0.2, 0) is 9.59 Å². The van der Waals surface area contributed by atoms with E-state index in [4.69, 9.17) is 5.11 Å². The van der Waals surface area contributed by atoms with Crippen LogP contribution in [-0.4, -0.2) is 47.6 Å². The Labute approximate surface area is 89.4 Å². The van der Waals surface area contributed by atoms with Crippen molar-refractivity contribution in [3.8, 4) is 0 Å². The van der Waals surface area contributed by atoms with E-state index < -0.39 is 12.0 Å². The lowest BCUT2D eigenvalue weighted by atomic mass is 10.3. The molecule has 5 nitrogen and oxygen atoms in total. The van der Waals surface area contributed by atoms with Crippen LogP contribution in [0.25, 0.3) is 0 Å². The third kappa shape index (κ3) is 4.29. The molecular formula is C10H18N2O3. The third-order valence-corrected chi connectivity index (χ3v) is 2.60. The highest BCUT2D eigenvalue weighted by Crippen LogP contribution is 2.07. The summed E-state index contributed by atoms with van der Waals surface area (Å²) in [4.78, 5) is 24.0. The Morgan fingerprint density at radius 1 is 1.40 bits per heavy atom. The minimum atomic E-state index is -0.996. The maximum Gasteiger partial charge on any atom is 0.325 e. The molecule has 0 aromatic rings. The van der Waals surface area contributed by atoms with E-state index in [1.54, 1.807) is 0 Å². The highest BCUT2D eigenvalue weighted by atomic mass is 16.4. The Morgan fingerprint density at radius 2 is 2.00 bits per heavy atom. The summed E-state index contributed by atoms with van der Waals surface area (Å²) in [5.41, 5.74) is 0. The molecule has 0 aromatic carbocycles. The summed E-state index contributed by atoms with van der Waals surface area (Å²) in [6.07, 6.45) is 2.79. The maximum absolute atomic E-state index is 11.3. The minimum Gasteiger partial charge on any atom is -0.480 e. The number of rotatable bonds is 5. The van der Waals surface area contributed by atoms with Crippen molar-refractivity contribution < 1.29 is 14.7 Å². The molecule has 1 heterocycles. The molecule has 5 heteroatoms. The van der Waals surface area contributed by atoms with Crippen molar-refractivity contribution in [2.24, 2.45) is 0 Å². The van der Waals surface area contributed by atoms with Gasteiger partial charge in [-0.2, -0.15) is 0 Å². The zero-order chi connectivity index (χ0) is 11.3. The molecule has 0 saturated carbocycles. The van der Waals surface area contributed by atoms with E-state index in [1.165, 1.54) is 19.8 Å². The van der Waals surface area contributed by atoms with Gasteiger partial charge in [-0.15, -0.1) is 0 Å². The number of amides is 1. The van der Waals surface area contributed by atoms with Crippen LogP contribution in [0.1, 0.15) is 26.2 Å². The predicted octanol–water partition coefficient (Wildman–Crippen LogP) is 0.0616. The predicted molar refractivity (Wildman–Crippen MR) is 55.5 cm³/mol. The van der Waals surface area contributed by atoms with Crippen LogP contribution in [0, 0.1) is 0 Å². The Hall–Kier alpha value is -1.10. The van der Waals surface area contributed by atoms with Gasteiger partial charge in [0, 0.05) is 13.0 Å². The van der Waals surface area contributed by atoms with Gasteiger partial charge in [-0.25, -0.2) is 0 Å². The Kier molecular flexibility index (Phi) is 4.55. The first-order valence-electron chi connectivity index (χ1n) is 5.34. The highest BCUT2D eigenvalue weighted by molar-refractivity contribution is 5.83. The van der Waals surface area contributed by atoms with Crippen LogP contribution in [0.4, 0.5) is 0 Å². The lowest BCUT2D eigenvalue weighted by molar-refractivity contribution is -0.141. The monoisotopic (exact) mass is 214 g/mol. The summed E-state index contributed by atoms with van der Waals surface area (Å²) in [7, 11) is 0. The number of hydrogen-bond donors (Lipinski definition) is 2. The van der Waals surface area contributed by atoms with Crippen molar-refractivity contribution in [3.63, 3.8) is 0 Å². The second-order valence-electron chi connectivity index (χ2n) is 3.93. The summed E-state index contributed by atoms with van der Waals surface area (Å²) >= 11 is 0. The molecule has 1 fully saturated rings. The first kappa shape index (κ1) is 12.0. The second kappa shape index (κ2) is 5.70. The Bertz CT molecular complexity index is 237. The van der Waals surface area contributed by atoms with E-state index in [-0.39, 0.29) is 5.91 Å². The number of carboxylic acid groups (broad SMARTS) is 1. The van der Waals surface area contributed by atoms with Crippen molar-refractivity contribution in [1.29, 1.82) is 0 Å². The van der Waals surface area contributed by atoms with Gasteiger partial charge in [-0.05, 0) is 32.9 Å². The van der Waals surface area contributed by atoms with E-state index in [0.29, 0.717) is 6.42 Å². The molecule has 15 heavy (non-hydrogen) atoms.